The lowest BCUT2D eigenvalue weighted by Crippen LogP contribution is -2.09. The Morgan fingerprint density at radius 2 is 0.295 bits per heavy atom. The van der Waals surface area contributed by atoms with Crippen LogP contribution in [0.4, 0.5) is 0 Å². The number of hydrogen-bond acceptors (Lipinski definition) is 2. The molecule has 364 valence electrons. The molecule has 0 aliphatic heterocycles. The quantitative estimate of drug-likeness (QED) is 0.0598. The van der Waals surface area contributed by atoms with E-state index in [1.807, 2.05) is 0 Å². The van der Waals surface area contributed by atoms with E-state index in [9.17, 15) is 9.59 Å². The second-order valence-corrected chi connectivity index (χ2v) is 20.1. The third-order valence-corrected chi connectivity index (χ3v) is 13.8. The van der Waals surface area contributed by atoms with Crippen molar-refractivity contribution in [3.63, 3.8) is 0 Å². The molecule has 0 aromatic heterocycles. The van der Waals surface area contributed by atoms with Crippen molar-refractivity contribution in [2.75, 3.05) is 0 Å². The van der Waals surface area contributed by atoms with Gasteiger partial charge in [-0.2, -0.15) is 0 Å². The highest BCUT2D eigenvalue weighted by Gasteiger charge is 2.01. The molecule has 0 bridgehead atoms. The van der Waals surface area contributed by atoms with E-state index in [1.54, 1.807) is 0 Å². The average Bonchev–Trinajstić information content (AvgIpc) is 3.24. The van der Waals surface area contributed by atoms with Crippen LogP contribution in [0.15, 0.2) is 0 Å². The van der Waals surface area contributed by atoms with Gasteiger partial charge in [0.05, 0.1) is 0 Å². The number of carboxylic acid groups (broad SMARTS) is 1. The predicted molar refractivity (Wildman–Crippen MR) is 271 cm³/mol. The van der Waals surface area contributed by atoms with Gasteiger partial charge in [0.1, 0.15) is 0 Å². The second kappa shape index (κ2) is 55.1. The van der Waals surface area contributed by atoms with Crippen LogP contribution in [0.5, 0.6) is 0 Å². The number of amides is 1. The molecule has 0 atom stereocenters. The Balaban J connectivity index is 3.07. The maximum atomic E-state index is 10.7. The third kappa shape index (κ3) is 58.9. The molecular weight excluding hydrogens is 747 g/mol. The van der Waals surface area contributed by atoms with Crippen molar-refractivity contribution in [1.29, 1.82) is 0 Å². The monoisotopic (exact) mass is 860 g/mol. The van der Waals surface area contributed by atoms with Gasteiger partial charge in [-0.3, -0.25) is 9.59 Å². The number of carboxylic acids is 1. The molecule has 0 aromatic rings. The number of aliphatic carboxylic acids is 1. The van der Waals surface area contributed by atoms with E-state index in [4.69, 9.17) is 10.8 Å². The van der Waals surface area contributed by atoms with E-state index in [0.29, 0.717) is 12.8 Å². The summed E-state index contributed by atoms with van der Waals surface area (Å²) in [5.74, 6) is -0.796. The Hall–Kier alpha value is -1.06. The Morgan fingerprint density at radius 1 is 0.197 bits per heavy atom. The van der Waals surface area contributed by atoms with E-state index in [-0.39, 0.29) is 5.91 Å². The van der Waals surface area contributed by atoms with Gasteiger partial charge in [0, 0.05) is 12.8 Å². The maximum absolute atomic E-state index is 10.7. The molecule has 0 spiro atoms. The fraction of sp³-hybridized carbons (Fsp3) is 0.965. The lowest BCUT2D eigenvalue weighted by atomic mass is 10.0. The first-order valence-corrected chi connectivity index (χ1v) is 28.6. The lowest BCUT2D eigenvalue weighted by Gasteiger charge is -2.05. The lowest BCUT2D eigenvalue weighted by molar-refractivity contribution is -0.137. The van der Waals surface area contributed by atoms with Gasteiger partial charge in [0.2, 0.25) is 5.91 Å². The highest BCUT2D eigenvalue weighted by atomic mass is 16.4. The molecule has 0 rings (SSSR count). The first-order valence-electron chi connectivity index (χ1n) is 28.6. The minimum absolute atomic E-state index is 0.148. The molecular formula is C57H113NO3. The Kier molecular flexibility index (Phi) is 54.1. The number of unbranched alkanes of at least 4 members (excludes halogenated alkanes) is 52. The SMILES string of the molecule is NC(=O)CCCCCCCCCCCCCCCCCCCCCCCCCCCCCCCCCCCCCCCCCCCCCCCCCCCCCCCC(=O)O. The highest BCUT2D eigenvalue weighted by molar-refractivity contribution is 5.73. The van der Waals surface area contributed by atoms with E-state index in [1.165, 1.54) is 321 Å². The topological polar surface area (TPSA) is 80.4 Å². The van der Waals surface area contributed by atoms with Gasteiger partial charge in [-0.25, -0.2) is 0 Å². The first-order chi connectivity index (χ1) is 30.1. The van der Waals surface area contributed by atoms with E-state index in [2.05, 4.69) is 0 Å². The summed E-state index contributed by atoms with van der Waals surface area (Å²) in [6, 6.07) is 0. The molecule has 0 heterocycles. The van der Waals surface area contributed by atoms with Crippen LogP contribution < -0.4 is 5.73 Å². The number of nitrogens with two attached hydrogens (primary N) is 1. The van der Waals surface area contributed by atoms with Crippen LogP contribution >= 0.6 is 0 Å². The van der Waals surface area contributed by atoms with Gasteiger partial charge in [-0.05, 0) is 12.8 Å². The zero-order chi connectivity index (χ0) is 44.0. The van der Waals surface area contributed by atoms with Crippen LogP contribution in [-0.4, -0.2) is 17.0 Å². The molecule has 0 unspecified atom stereocenters. The minimum Gasteiger partial charge on any atom is -0.481 e. The fourth-order valence-electron chi connectivity index (χ4n) is 9.59. The van der Waals surface area contributed by atoms with Crippen molar-refractivity contribution >= 4 is 11.9 Å². The number of rotatable bonds is 56. The maximum Gasteiger partial charge on any atom is 0.303 e. The van der Waals surface area contributed by atoms with E-state index >= 15 is 0 Å². The zero-order valence-electron chi connectivity index (χ0n) is 41.7. The standard InChI is InChI=1S/C57H113NO3/c58-56(59)54-52-50-48-46-44-42-40-38-36-34-32-30-28-26-24-22-20-18-16-14-12-10-8-6-4-2-1-3-5-7-9-11-13-15-17-19-21-23-25-27-29-31-33-35-37-39-41-43-45-47-49-51-53-55-57(60)61/h1-55H2,(H2,58,59)(H,60,61). The summed E-state index contributed by atoms with van der Waals surface area (Å²) in [4.78, 5) is 21.3. The molecule has 0 saturated heterocycles. The summed E-state index contributed by atoms with van der Waals surface area (Å²) in [6.45, 7) is 0. The molecule has 1 amide bonds. The van der Waals surface area contributed by atoms with Gasteiger partial charge in [0.15, 0.2) is 0 Å². The summed E-state index contributed by atoms with van der Waals surface area (Å²) in [6.07, 6.45) is 75.5. The third-order valence-electron chi connectivity index (χ3n) is 13.8. The van der Waals surface area contributed by atoms with Crippen LogP contribution in [0.1, 0.15) is 353 Å². The van der Waals surface area contributed by atoms with Crippen molar-refractivity contribution in [2.45, 2.75) is 353 Å². The van der Waals surface area contributed by atoms with Crippen molar-refractivity contribution in [1.82, 2.24) is 0 Å². The van der Waals surface area contributed by atoms with Crippen molar-refractivity contribution in [2.24, 2.45) is 5.73 Å². The number of primary amides is 1. The summed E-state index contributed by atoms with van der Waals surface area (Å²) in [5, 5.41) is 8.67. The molecule has 61 heavy (non-hydrogen) atoms. The largest absolute Gasteiger partial charge is 0.481 e. The summed E-state index contributed by atoms with van der Waals surface area (Å²) < 4.78 is 0. The average molecular weight is 861 g/mol. The Bertz CT molecular complexity index is 763. The smallest absolute Gasteiger partial charge is 0.303 e. The van der Waals surface area contributed by atoms with Crippen LogP contribution in [0.2, 0.25) is 0 Å². The van der Waals surface area contributed by atoms with Crippen LogP contribution in [0.3, 0.4) is 0 Å². The molecule has 0 aliphatic rings. The van der Waals surface area contributed by atoms with Crippen LogP contribution in [-0.2, 0) is 9.59 Å². The van der Waals surface area contributed by atoms with Gasteiger partial charge in [-0.1, -0.05) is 327 Å². The van der Waals surface area contributed by atoms with E-state index in [0.717, 1.165) is 19.3 Å². The molecule has 0 radical (unpaired) electrons. The first kappa shape index (κ1) is 59.9. The van der Waals surface area contributed by atoms with Crippen molar-refractivity contribution in [3.8, 4) is 0 Å². The molecule has 0 saturated carbocycles. The predicted octanol–water partition coefficient (Wildman–Crippen LogP) is 20.0. The van der Waals surface area contributed by atoms with Gasteiger partial charge in [0.25, 0.3) is 0 Å². The van der Waals surface area contributed by atoms with Gasteiger partial charge >= 0.3 is 5.97 Å². The molecule has 4 nitrogen and oxygen atoms in total. The highest BCUT2D eigenvalue weighted by Crippen LogP contribution is 2.19. The van der Waals surface area contributed by atoms with Crippen molar-refractivity contribution in [3.05, 3.63) is 0 Å². The summed E-state index contributed by atoms with van der Waals surface area (Å²) in [7, 11) is 0. The molecule has 3 N–H and O–H groups in total. The number of carbonyl (C=O) groups excluding carboxylic acids is 1. The fourth-order valence-corrected chi connectivity index (χ4v) is 9.59. The normalized spacial score (nSPS) is 11.5. The summed E-state index contributed by atoms with van der Waals surface area (Å²) in [5.41, 5.74) is 5.19. The summed E-state index contributed by atoms with van der Waals surface area (Å²) >= 11 is 0. The van der Waals surface area contributed by atoms with E-state index < -0.39 is 5.97 Å². The molecule has 4 heteroatoms. The van der Waals surface area contributed by atoms with Crippen molar-refractivity contribution < 1.29 is 14.7 Å². The molecule has 0 aliphatic carbocycles. The Morgan fingerprint density at radius 3 is 0.393 bits per heavy atom. The second-order valence-electron chi connectivity index (χ2n) is 20.1. The van der Waals surface area contributed by atoms with Crippen LogP contribution in [0, 0.1) is 0 Å². The molecule has 0 aromatic carbocycles. The van der Waals surface area contributed by atoms with Gasteiger partial charge < -0.3 is 10.8 Å². The van der Waals surface area contributed by atoms with Gasteiger partial charge in [-0.15, -0.1) is 0 Å². The number of hydrogen-bond donors (Lipinski definition) is 2. The van der Waals surface area contributed by atoms with Crippen LogP contribution in [0.25, 0.3) is 0 Å². The zero-order valence-corrected chi connectivity index (χ0v) is 41.7. The number of carbonyl (C=O) groups is 2. The Labute approximate surface area is 384 Å². The molecule has 0 fully saturated rings. The minimum atomic E-state index is -0.648.